The smallest absolute Gasteiger partial charge is 0.225 e. The Hall–Kier alpha value is -2.05. The first-order chi connectivity index (χ1) is 13.4. The van der Waals surface area contributed by atoms with Crippen molar-refractivity contribution in [3.05, 3.63) is 17.8 Å². The van der Waals surface area contributed by atoms with Crippen LogP contribution in [0.2, 0.25) is 0 Å². The molecule has 7 nitrogen and oxygen atoms in total. The SMILES string of the molecule is CN=C(NCc1ncc(C(C)(C)C)o1)NC1CCN(C(=O)C2CCCCC2)C1. The summed E-state index contributed by atoms with van der Waals surface area (Å²) in [7, 11) is 1.76. The number of hydrogen-bond donors (Lipinski definition) is 2. The minimum absolute atomic E-state index is 0.0522. The monoisotopic (exact) mass is 389 g/mol. The fraction of sp³-hybridized carbons (Fsp3) is 0.762. The number of amides is 1. The molecule has 1 amide bonds. The van der Waals surface area contributed by atoms with Crippen LogP contribution in [0, 0.1) is 5.92 Å². The van der Waals surface area contributed by atoms with Crippen LogP contribution in [0.5, 0.6) is 0 Å². The van der Waals surface area contributed by atoms with Gasteiger partial charge in [0, 0.05) is 37.5 Å². The van der Waals surface area contributed by atoms with E-state index < -0.39 is 0 Å². The fourth-order valence-electron chi connectivity index (χ4n) is 3.97. The lowest BCUT2D eigenvalue weighted by Gasteiger charge is -2.26. The standard InChI is InChI=1S/C21H35N5O2/c1-21(2,3)17-12-23-18(28-17)13-24-20(22-4)25-16-10-11-26(14-16)19(27)15-8-6-5-7-9-15/h12,15-16H,5-11,13-14H2,1-4H3,(H2,22,24,25). The van der Waals surface area contributed by atoms with Gasteiger partial charge in [-0.05, 0) is 19.3 Å². The van der Waals surface area contributed by atoms with Gasteiger partial charge in [0.25, 0.3) is 0 Å². The van der Waals surface area contributed by atoms with Crippen molar-refractivity contribution in [2.45, 2.75) is 77.3 Å². The predicted octanol–water partition coefficient (Wildman–Crippen LogP) is 2.82. The first-order valence-electron chi connectivity index (χ1n) is 10.6. The molecule has 0 aromatic carbocycles. The molecule has 0 radical (unpaired) electrons. The molecule has 1 saturated carbocycles. The number of guanidine groups is 1. The van der Waals surface area contributed by atoms with E-state index in [-0.39, 0.29) is 17.4 Å². The number of aliphatic imine (C=N–C) groups is 1. The molecule has 2 N–H and O–H groups in total. The Bertz CT molecular complexity index is 685. The fourth-order valence-corrected chi connectivity index (χ4v) is 3.97. The van der Waals surface area contributed by atoms with Crippen molar-refractivity contribution in [2.24, 2.45) is 10.9 Å². The normalized spacial score (nSPS) is 21.8. The Balaban J connectivity index is 1.46. The number of carbonyl (C=O) groups is 1. The summed E-state index contributed by atoms with van der Waals surface area (Å²) in [5.74, 6) is 2.83. The van der Waals surface area contributed by atoms with Gasteiger partial charge in [0.2, 0.25) is 11.8 Å². The zero-order valence-electron chi connectivity index (χ0n) is 17.8. The lowest BCUT2D eigenvalue weighted by molar-refractivity contribution is -0.135. The lowest BCUT2D eigenvalue weighted by Crippen LogP contribution is -2.45. The molecule has 1 aliphatic heterocycles. The van der Waals surface area contributed by atoms with E-state index in [9.17, 15) is 4.79 Å². The highest BCUT2D eigenvalue weighted by Gasteiger charge is 2.31. The summed E-state index contributed by atoms with van der Waals surface area (Å²) >= 11 is 0. The van der Waals surface area contributed by atoms with Crippen LogP contribution in [0.4, 0.5) is 0 Å². The molecular weight excluding hydrogens is 354 g/mol. The topological polar surface area (TPSA) is 82.8 Å². The van der Waals surface area contributed by atoms with E-state index >= 15 is 0 Å². The van der Waals surface area contributed by atoms with Crippen molar-refractivity contribution in [1.82, 2.24) is 20.5 Å². The molecule has 0 spiro atoms. The van der Waals surface area contributed by atoms with Gasteiger partial charge in [-0.25, -0.2) is 4.98 Å². The van der Waals surface area contributed by atoms with Crippen LogP contribution < -0.4 is 10.6 Å². The van der Waals surface area contributed by atoms with Crippen LogP contribution in [0.1, 0.15) is 70.9 Å². The third kappa shape index (κ3) is 5.26. The minimum Gasteiger partial charge on any atom is -0.443 e. The Kier molecular flexibility index (Phi) is 6.62. The van der Waals surface area contributed by atoms with E-state index in [0.717, 1.165) is 38.1 Å². The zero-order chi connectivity index (χ0) is 20.1. The molecule has 1 aromatic heterocycles. The largest absolute Gasteiger partial charge is 0.443 e. The summed E-state index contributed by atoms with van der Waals surface area (Å²) in [5, 5.41) is 6.70. The van der Waals surface area contributed by atoms with Crippen molar-refractivity contribution < 1.29 is 9.21 Å². The number of likely N-dealkylation sites (tertiary alicyclic amines) is 1. The number of rotatable bonds is 4. The third-order valence-electron chi connectivity index (χ3n) is 5.72. The van der Waals surface area contributed by atoms with E-state index in [1.807, 2.05) is 4.90 Å². The molecule has 1 aromatic rings. The minimum atomic E-state index is -0.0522. The first kappa shape index (κ1) is 20.7. The molecule has 2 aliphatic rings. The van der Waals surface area contributed by atoms with Crippen molar-refractivity contribution in [3.8, 4) is 0 Å². The second-order valence-corrected chi connectivity index (χ2v) is 9.04. The van der Waals surface area contributed by atoms with E-state index in [0.29, 0.717) is 24.3 Å². The molecule has 1 aliphatic carbocycles. The number of carbonyl (C=O) groups excluding carboxylic acids is 1. The van der Waals surface area contributed by atoms with E-state index in [1.165, 1.54) is 19.3 Å². The Morgan fingerprint density at radius 3 is 2.68 bits per heavy atom. The van der Waals surface area contributed by atoms with Gasteiger partial charge in [-0.3, -0.25) is 9.79 Å². The summed E-state index contributed by atoms with van der Waals surface area (Å²) in [5.41, 5.74) is -0.0522. The van der Waals surface area contributed by atoms with E-state index in [2.05, 4.69) is 41.4 Å². The molecule has 2 heterocycles. The highest BCUT2D eigenvalue weighted by molar-refractivity contribution is 5.81. The maximum atomic E-state index is 12.7. The second kappa shape index (κ2) is 8.97. The van der Waals surface area contributed by atoms with Gasteiger partial charge in [-0.2, -0.15) is 0 Å². The molecule has 28 heavy (non-hydrogen) atoms. The van der Waals surface area contributed by atoms with Crippen molar-refractivity contribution >= 4 is 11.9 Å². The number of hydrogen-bond acceptors (Lipinski definition) is 4. The number of aromatic nitrogens is 1. The van der Waals surface area contributed by atoms with Gasteiger partial charge in [0.15, 0.2) is 5.96 Å². The van der Waals surface area contributed by atoms with Crippen molar-refractivity contribution in [2.75, 3.05) is 20.1 Å². The van der Waals surface area contributed by atoms with Crippen LogP contribution in [0.15, 0.2) is 15.6 Å². The molecule has 156 valence electrons. The van der Waals surface area contributed by atoms with Gasteiger partial charge in [-0.1, -0.05) is 40.0 Å². The third-order valence-corrected chi connectivity index (χ3v) is 5.72. The van der Waals surface area contributed by atoms with Gasteiger partial charge in [0.1, 0.15) is 5.76 Å². The van der Waals surface area contributed by atoms with Crippen LogP contribution >= 0.6 is 0 Å². The predicted molar refractivity (Wildman–Crippen MR) is 110 cm³/mol. The molecule has 3 rings (SSSR count). The maximum Gasteiger partial charge on any atom is 0.225 e. The average molecular weight is 390 g/mol. The summed E-state index contributed by atoms with van der Waals surface area (Å²) in [6, 6.07) is 0.230. The van der Waals surface area contributed by atoms with Crippen molar-refractivity contribution in [1.29, 1.82) is 0 Å². The molecule has 1 unspecified atom stereocenters. The highest BCUT2D eigenvalue weighted by Crippen LogP contribution is 2.27. The van der Waals surface area contributed by atoms with Crippen LogP contribution in [0.3, 0.4) is 0 Å². The summed E-state index contributed by atoms with van der Waals surface area (Å²) in [6.45, 7) is 8.37. The zero-order valence-corrected chi connectivity index (χ0v) is 17.8. The van der Waals surface area contributed by atoms with E-state index in [1.54, 1.807) is 13.2 Å². The molecule has 7 heteroatoms. The van der Waals surface area contributed by atoms with Gasteiger partial charge >= 0.3 is 0 Å². The van der Waals surface area contributed by atoms with Crippen molar-refractivity contribution in [3.63, 3.8) is 0 Å². The molecule has 1 atom stereocenters. The average Bonchev–Trinajstić information content (AvgIpc) is 3.34. The summed E-state index contributed by atoms with van der Waals surface area (Å²) < 4.78 is 5.82. The highest BCUT2D eigenvalue weighted by atomic mass is 16.4. The van der Waals surface area contributed by atoms with Gasteiger partial charge < -0.3 is 20.0 Å². The molecular formula is C21H35N5O2. The maximum absolute atomic E-state index is 12.7. The van der Waals surface area contributed by atoms with Gasteiger partial charge in [0.05, 0.1) is 12.7 Å². The summed E-state index contributed by atoms with van der Waals surface area (Å²) in [4.78, 5) is 23.4. The quantitative estimate of drug-likeness (QED) is 0.611. The lowest BCUT2D eigenvalue weighted by atomic mass is 9.88. The Labute approximate surface area is 168 Å². The molecule has 0 bridgehead atoms. The molecule has 1 saturated heterocycles. The van der Waals surface area contributed by atoms with Crippen LogP contribution in [-0.4, -0.2) is 47.9 Å². The Morgan fingerprint density at radius 1 is 1.29 bits per heavy atom. The van der Waals surface area contributed by atoms with Gasteiger partial charge in [-0.15, -0.1) is 0 Å². The number of oxazole rings is 1. The second-order valence-electron chi connectivity index (χ2n) is 9.04. The molecule has 2 fully saturated rings. The first-order valence-corrected chi connectivity index (χ1v) is 10.6. The Morgan fingerprint density at radius 2 is 2.04 bits per heavy atom. The number of nitrogens with one attached hydrogen (secondary N) is 2. The van der Waals surface area contributed by atoms with E-state index in [4.69, 9.17) is 4.42 Å². The van der Waals surface area contributed by atoms with Crippen LogP contribution in [0.25, 0.3) is 0 Å². The number of nitrogens with zero attached hydrogens (tertiary/aromatic N) is 3. The summed E-state index contributed by atoms with van der Waals surface area (Å²) in [6.07, 6.45) is 8.52. The van der Waals surface area contributed by atoms with Crippen LogP contribution in [-0.2, 0) is 16.8 Å².